The van der Waals surface area contributed by atoms with E-state index in [0.717, 1.165) is 48.1 Å². The van der Waals surface area contributed by atoms with Crippen molar-refractivity contribution in [1.82, 2.24) is 0 Å². The molecule has 1 heterocycles. The maximum Gasteiger partial charge on any atom is 0.336 e. The summed E-state index contributed by atoms with van der Waals surface area (Å²) in [4.78, 5) is 11.6. The highest BCUT2D eigenvalue weighted by molar-refractivity contribution is 5.96. The topological polar surface area (TPSA) is 46.5 Å². The van der Waals surface area contributed by atoms with E-state index in [9.17, 15) is 9.90 Å². The number of carboxylic acid groups (broad SMARTS) is 1. The summed E-state index contributed by atoms with van der Waals surface area (Å²) in [5, 5.41) is 9.48. The average molecular weight is 386 g/mol. The Bertz CT molecular complexity index is 1040. The zero-order valence-corrected chi connectivity index (χ0v) is 16.9. The minimum atomic E-state index is -0.906. The number of aromatic carboxylic acids is 1. The molecule has 3 aromatic carbocycles. The molecule has 0 unspecified atom stereocenters. The van der Waals surface area contributed by atoms with Gasteiger partial charge in [0.05, 0.1) is 5.56 Å². The molecular formula is C26H26O3. The third-order valence-corrected chi connectivity index (χ3v) is 5.82. The molecule has 1 atom stereocenters. The van der Waals surface area contributed by atoms with E-state index in [0.29, 0.717) is 5.56 Å². The molecule has 0 amide bonds. The first-order valence-corrected chi connectivity index (χ1v) is 10.2. The first kappa shape index (κ1) is 19.3. The van der Waals surface area contributed by atoms with Gasteiger partial charge in [-0.05, 0) is 72.2 Å². The molecule has 3 heteroatoms. The fraction of sp³-hybridized carbons (Fsp3) is 0.269. The summed E-state index contributed by atoms with van der Waals surface area (Å²) in [5.74, 6) is -0.00304. The minimum absolute atomic E-state index is 0.235. The molecule has 3 nitrogen and oxygen atoms in total. The maximum absolute atomic E-state index is 11.6. The van der Waals surface area contributed by atoms with Crippen LogP contribution in [0, 0.1) is 0 Å². The number of rotatable bonds is 5. The highest BCUT2D eigenvalue weighted by atomic mass is 16.5. The van der Waals surface area contributed by atoms with E-state index in [4.69, 9.17) is 4.74 Å². The number of ether oxygens (including phenoxy) is 1. The summed E-state index contributed by atoms with van der Waals surface area (Å²) in [6.07, 6.45) is 3.77. The van der Waals surface area contributed by atoms with Crippen LogP contribution in [-0.4, -0.2) is 16.7 Å². The first-order chi connectivity index (χ1) is 14.0. The van der Waals surface area contributed by atoms with Crippen molar-refractivity contribution >= 4 is 5.97 Å². The van der Waals surface area contributed by atoms with Gasteiger partial charge in [-0.1, -0.05) is 55.5 Å². The Balaban J connectivity index is 1.57. The summed E-state index contributed by atoms with van der Waals surface area (Å²) in [6, 6.07) is 22.0. The van der Waals surface area contributed by atoms with Crippen molar-refractivity contribution in [2.24, 2.45) is 0 Å². The number of carboxylic acids is 1. The Labute approximate surface area is 172 Å². The molecule has 0 aliphatic carbocycles. The summed E-state index contributed by atoms with van der Waals surface area (Å²) in [6.45, 7) is 4.35. The second-order valence-electron chi connectivity index (χ2n) is 8.07. The van der Waals surface area contributed by atoms with Gasteiger partial charge in [-0.15, -0.1) is 0 Å². The van der Waals surface area contributed by atoms with Crippen molar-refractivity contribution in [3.05, 3.63) is 89.0 Å². The summed E-state index contributed by atoms with van der Waals surface area (Å²) in [7, 11) is 0. The normalized spacial score (nSPS) is 18.0. The van der Waals surface area contributed by atoms with Gasteiger partial charge in [-0.25, -0.2) is 4.79 Å². The smallest absolute Gasteiger partial charge is 0.336 e. The van der Waals surface area contributed by atoms with Crippen LogP contribution in [0.4, 0.5) is 0 Å². The molecule has 3 aromatic rings. The molecule has 4 rings (SSSR count). The zero-order chi connectivity index (χ0) is 20.4. The number of hydrogen-bond donors (Lipinski definition) is 1. The van der Waals surface area contributed by atoms with E-state index in [1.807, 2.05) is 24.3 Å². The summed E-state index contributed by atoms with van der Waals surface area (Å²) >= 11 is 0. The molecule has 0 aromatic heterocycles. The van der Waals surface area contributed by atoms with Crippen LogP contribution in [-0.2, 0) is 19.3 Å². The predicted octanol–water partition coefficient (Wildman–Crippen LogP) is 5.94. The third-order valence-electron chi connectivity index (χ3n) is 5.82. The van der Waals surface area contributed by atoms with Gasteiger partial charge >= 0.3 is 5.97 Å². The van der Waals surface area contributed by atoms with Crippen LogP contribution in [0.25, 0.3) is 11.1 Å². The van der Waals surface area contributed by atoms with E-state index in [2.05, 4.69) is 44.2 Å². The van der Waals surface area contributed by atoms with E-state index in [1.54, 1.807) is 12.1 Å². The first-order valence-electron chi connectivity index (χ1n) is 10.2. The van der Waals surface area contributed by atoms with Crippen molar-refractivity contribution in [2.45, 2.75) is 45.1 Å². The van der Waals surface area contributed by atoms with Crippen LogP contribution in [0.3, 0.4) is 0 Å². The Morgan fingerprint density at radius 1 is 1.03 bits per heavy atom. The Morgan fingerprint density at radius 2 is 1.76 bits per heavy atom. The fourth-order valence-electron chi connectivity index (χ4n) is 4.13. The van der Waals surface area contributed by atoms with Gasteiger partial charge in [0.2, 0.25) is 0 Å². The van der Waals surface area contributed by atoms with Crippen molar-refractivity contribution in [3.8, 4) is 16.9 Å². The molecule has 0 saturated carbocycles. The van der Waals surface area contributed by atoms with E-state index in [1.165, 1.54) is 11.1 Å². The lowest BCUT2D eigenvalue weighted by molar-refractivity contribution is 0.0654. The molecule has 0 saturated heterocycles. The second-order valence-corrected chi connectivity index (χ2v) is 8.07. The summed E-state index contributed by atoms with van der Waals surface area (Å²) in [5.41, 5.74) is 5.53. The largest absolute Gasteiger partial charge is 0.487 e. The molecule has 0 fully saturated rings. The van der Waals surface area contributed by atoms with Gasteiger partial charge in [0.15, 0.2) is 0 Å². The van der Waals surface area contributed by atoms with E-state index in [-0.39, 0.29) is 5.60 Å². The molecule has 1 N–H and O–H groups in total. The quantitative estimate of drug-likeness (QED) is 0.590. The number of carbonyl (C=O) groups is 1. The van der Waals surface area contributed by atoms with Crippen LogP contribution < -0.4 is 4.74 Å². The van der Waals surface area contributed by atoms with Gasteiger partial charge < -0.3 is 9.84 Å². The Morgan fingerprint density at radius 3 is 2.48 bits per heavy atom. The van der Waals surface area contributed by atoms with Crippen LogP contribution in [0.5, 0.6) is 5.75 Å². The van der Waals surface area contributed by atoms with Crippen LogP contribution in [0.1, 0.15) is 47.3 Å². The number of hydrogen-bond acceptors (Lipinski definition) is 2. The van der Waals surface area contributed by atoms with Gasteiger partial charge in [0, 0.05) is 6.42 Å². The number of benzene rings is 3. The lowest BCUT2D eigenvalue weighted by atomic mass is 9.86. The van der Waals surface area contributed by atoms with Gasteiger partial charge in [0.25, 0.3) is 0 Å². The third kappa shape index (κ3) is 4.04. The molecule has 0 spiro atoms. The van der Waals surface area contributed by atoms with Gasteiger partial charge in [0.1, 0.15) is 11.4 Å². The van der Waals surface area contributed by atoms with E-state index < -0.39 is 5.97 Å². The Hall–Kier alpha value is -3.07. The molecule has 0 radical (unpaired) electrons. The molecule has 1 aliphatic heterocycles. The summed E-state index contributed by atoms with van der Waals surface area (Å²) < 4.78 is 6.43. The lowest BCUT2D eigenvalue weighted by Crippen LogP contribution is -2.38. The second kappa shape index (κ2) is 7.75. The van der Waals surface area contributed by atoms with Crippen LogP contribution in [0.2, 0.25) is 0 Å². The van der Waals surface area contributed by atoms with Crippen LogP contribution in [0.15, 0.2) is 66.7 Å². The molecule has 29 heavy (non-hydrogen) atoms. The Kier molecular flexibility index (Phi) is 5.14. The number of fused-ring (bicyclic) bond motifs is 1. The standard InChI is InChI=1S/C26H26O3/c1-3-18-8-10-19(11-9-18)17-26(2)15-14-21-16-20(12-13-24(21)29-26)22-6-4-5-7-23(22)25(27)28/h4-13,16H,3,14-15,17H2,1-2H3,(H,27,28)/t26-/m0/s1. The molecule has 148 valence electrons. The minimum Gasteiger partial charge on any atom is -0.487 e. The lowest BCUT2D eigenvalue weighted by Gasteiger charge is -2.36. The van der Waals surface area contributed by atoms with Crippen molar-refractivity contribution in [1.29, 1.82) is 0 Å². The highest BCUT2D eigenvalue weighted by Crippen LogP contribution is 2.38. The van der Waals surface area contributed by atoms with Crippen LogP contribution >= 0.6 is 0 Å². The monoisotopic (exact) mass is 386 g/mol. The molecular weight excluding hydrogens is 360 g/mol. The van der Waals surface area contributed by atoms with Gasteiger partial charge in [-0.2, -0.15) is 0 Å². The van der Waals surface area contributed by atoms with Crippen molar-refractivity contribution in [3.63, 3.8) is 0 Å². The fourth-order valence-corrected chi connectivity index (χ4v) is 4.13. The maximum atomic E-state index is 11.6. The zero-order valence-electron chi connectivity index (χ0n) is 16.9. The molecule has 1 aliphatic rings. The highest BCUT2D eigenvalue weighted by Gasteiger charge is 2.32. The van der Waals surface area contributed by atoms with Crippen molar-refractivity contribution < 1.29 is 14.6 Å². The predicted molar refractivity (Wildman–Crippen MR) is 116 cm³/mol. The molecule has 0 bridgehead atoms. The average Bonchev–Trinajstić information content (AvgIpc) is 2.73. The van der Waals surface area contributed by atoms with Gasteiger partial charge in [-0.3, -0.25) is 0 Å². The van der Waals surface area contributed by atoms with E-state index >= 15 is 0 Å². The van der Waals surface area contributed by atoms with Crippen molar-refractivity contribution in [2.75, 3.05) is 0 Å². The number of aryl methyl sites for hydroxylation is 2. The SMILES string of the molecule is CCc1ccc(C[C@]2(C)CCc3cc(-c4ccccc4C(=O)O)ccc3O2)cc1.